The Hall–Kier alpha value is -3.41. The van der Waals surface area contributed by atoms with E-state index < -0.39 is 23.5 Å². The lowest BCUT2D eigenvalue weighted by atomic mass is 9.97. The number of fused-ring (bicyclic) bond motifs is 1. The topological polar surface area (TPSA) is 88.3 Å². The number of ether oxygens (including phenoxy) is 1. The summed E-state index contributed by atoms with van der Waals surface area (Å²) in [5.74, 6) is -0.861. The molecule has 0 aliphatic heterocycles. The Morgan fingerprint density at radius 1 is 1.07 bits per heavy atom. The lowest BCUT2D eigenvalue weighted by Crippen LogP contribution is -2.30. The predicted molar refractivity (Wildman–Crippen MR) is 113 cm³/mol. The second-order valence-electron chi connectivity index (χ2n) is 7.03. The molecule has 0 fully saturated rings. The second kappa shape index (κ2) is 8.73. The van der Waals surface area contributed by atoms with Gasteiger partial charge in [0, 0.05) is 22.7 Å². The number of carbonyl (C=O) groups excluding carboxylic acids is 2. The number of aromatic amines is 1. The quantitative estimate of drug-likeness (QED) is 0.615. The summed E-state index contributed by atoms with van der Waals surface area (Å²) in [6, 6.07) is 15.7. The van der Waals surface area contributed by atoms with E-state index in [-0.39, 0.29) is 11.5 Å². The Bertz CT molecular complexity index is 1100. The molecule has 0 unspecified atom stereocenters. The molecule has 0 aliphatic rings. The minimum atomic E-state index is -1.02. The van der Waals surface area contributed by atoms with Gasteiger partial charge in [-0.15, -0.1) is 0 Å². The molecule has 3 aromatic rings. The molecule has 0 radical (unpaired) electrons. The van der Waals surface area contributed by atoms with Crippen LogP contribution in [0.4, 0.5) is 5.69 Å². The molecular weight excluding hydrogens is 368 g/mol. The van der Waals surface area contributed by atoms with Crippen molar-refractivity contribution in [2.24, 2.45) is 0 Å². The second-order valence-corrected chi connectivity index (χ2v) is 7.03. The number of benzene rings is 2. The number of hydrogen-bond donors (Lipinski definition) is 2. The number of para-hydroxylation sites is 2. The van der Waals surface area contributed by atoms with Gasteiger partial charge in [-0.25, -0.2) is 4.79 Å². The van der Waals surface area contributed by atoms with E-state index in [1.165, 1.54) is 13.0 Å². The van der Waals surface area contributed by atoms with Crippen LogP contribution in [0.25, 0.3) is 10.9 Å². The molecule has 6 heteroatoms. The number of aromatic nitrogens is 1. The summed E-state index contributed by atoms with van der Waals surface area (Å²) in [5.41, 5.74) is 1.99. The Morgan fingerprint density at radius 3 is 2.52 bits per heavy atom. The number of amides is 1. The van der Waals surface area contributed by atoms with Crippen molar-refractivity contribution in [1.82, 2.24) is 4.98 Å². The Morgan fingerprint density at radius 2 is 1.76 bits per heavy atom. The minimum absolute atomic E-state index is 0.129. The Kier molecular flexibility index (Phi) is 6.12. The summed E-state index contributed by atoms with van der Waals surface area (Å²) in [7, 11) is 0. The molecule has 0 saturated carbocycles. The van der Waals surface area contributed by atoms with Gasteiger partial charge in [0.1, 0.15) is 0 Å². The van der Waals surface area contributed by atoms with Crippen molar-refractivity contribution in [3.05, 3.63) is 76.1 Å². The van der Waals surface area contributed by atoms with Crippen LogP contribution in [0.1, 0.15) is 49.0 Å². The molecule has 6 nitrogen and oxygen atoms in total. The third-order valence-corrected chi connectivity index (χ3v) is 4.99. The van der Waals surface area contributed by atoms with E-state index in [0.717, 1.165) is 12.0 Å². The van der Waals surface area contributed by atoms with Crippen molar-refractivity contribution in [3.8, 4) is 0 Å². The number of carbonyl (C=O) groups is 2. The van der Waals surface area contributed by atoms with Crippen molar-refractivity contribution in [3.63, 3.8) is 0 Å². The predicted octanol–water partition coefficient (Wildman–Crippen LogP) is 4.23. The van der Waals surface area contributed by atoms with Gasteiger partial charge in [-0.2, -0.15) is 0 Å². The number of nitrogens with one attached hydrogen (secondary N) is 2. The van der Waals surface area contributed by atoms with E-state index in [9.17, 15) is 14.4 Å². The van der Waals surface area contributed by atoms with Crippen LogP contribution in [0.3, 0.4) is 0 Å². The average Bonchev–Trinajstić information content (AvgIpc) is 2.72. The lowest BCUT2D eigenvalue weighted by Gasteiger charge is -2.18. The SMILES string of the molecule is CC[C@@H](C)c1ccccc1NC(=O)[C@H](C)OC(=O)c1cc(=O)[nH]c2ccccc12. The van der Waals surface area contributed by atoms with E-state index in [1.807, 2.05) is 24.3 Å². The number of rotatable bonds is 6. The van der Waals surface area contributed by atoms with Crippen molar-refractivity contribution >= 4 is 28.5 Å². The van der Waals surface area contributed by atoms with Gasteiger partial charge in [0.05, 0.1) is 5.56 Å². The van der Waals surface area contributed by atoms with Crippen LogP contribution >= 0.6 is 0 Å². The molecule has 0 spiro atoms. The highest BCUT2D eigenvalue weighted by Crippen LogP contribution is 2.26. The van der Waals surface area contributed by atoms with Gasteiger partial charge < -0.3 is 15.0 Å². The van der Waals surface area contributed by atoms with Crippen LogP contribution in [0, 0.1) is 0 Å². The maximum absolute atomic E-state index is 12.6. The first-order chi connectivity index (χ1) is 13.9. The zero-order chi connectivity index (χ0) is 21.0. The van der Waals surface area contributed by atoms with Crippen molar-refractivity contribution < 1.29 is 14.3 Å². The summed E-state index contributed by atoms with van der Waals surface area (Å²) >= 11 is 0. The first-order valence-electron chi connectivity index (χ1n) is 9.63. The number of hydrogen-bond acceptors (Lipinski definition) is 4. The van der Waals surface area contributed by atoms with Gasteiger partial charge in [0.15, 0.2) is 6.10 Å². The normalized spacial score (nSPS) is 12.9. The molecule has 1 aromatic heterocycles. The highest BCUT2D eigenvalue weighted by atomic mass is 16.5. The number of esters is 1. The van der Waals surface area contributed by atoms with Crippen LogP contribution < -0.4 is 10.9 Å². The molecule has 1 heterocycles. The molecule has 0 bridgehead atoms. The van der Waals surface area contributed by atoms with Crippen molar-refractivity contribution in [2.75, 3.05) is 5.32 Å². The Labute approximate surface area is 168 Å². The molecule has 3 rings (SSSR count). The highest BCUT2D eigenvalue weighted by Gasteiger charge is 2.22. The van der Waals surface area contributed by atoms with Crippen LogP contribution in [0.5, 0.6) is 0 Å². The van der Waals surface area contributed by atoms with E-state index in [4.69, 9.17) is 4.74 Å². The average molecular weight is 392 g/mol. The molecule has 0 saturated heterocycles. The first kappa shape index (κ1) is 20.3. The van der Waals surface area contributed by atoms with Crippen LogP contribution in [0.2, 0.25) is 0 Å². The third-order valence-electron chi connectivity index (χ3n) is 4.99. The first-order valence-corrected chi connectivity index (χ1v) is 9.63. The molecule has 29 heavy (non-hydrogen) atoms. The zero-order valence-corrected chi connectivity index (χ0v) is 16.7. The van der Waals surface area contributed by atoms with Crippen molar-refractivity contribution in [1.29, 1.82) is 0 Å². The summed E-state index contributed by atoms with van der Waals surface area (Å²) in [6.07, 6.45) is -0.0851. The van der Waals surface area contributed by atoms with Gasteiger partial charge in [0.25, 0.3) is 5.91 Å². The number of H-pyrrole nitrogens is 1. The molecular formula is C23H24N2O4. The Balaban J connectivity index is 1.78. The standard InChI is InChI=1S/C23H24N2O4/c1-4-14(2)16-9-5-7-11-19(16)25-22(27)15(3)29-23(28)18-13-21(26)24-20-12-8-6-10-17(18)20/h5-15H,4H2,1-3H3,(H,24,26)(H,25,27)/t14-,15+/m1/s1. The molecule has 0 aliphatic carbocycles. The van der Waals surface area contributed by atoms with Gasteiger partial charge in [0.2, 0.25) is 5.56 Å². The van der Waals surface area contributed by atoms with E-state index in [2.05, 4.69) is 24.1 Å². The smallest absolute Gasteiger partial charge is 0.339 e. The number of anilines is 1. The van der Waals surface area contributed by atoms with Gasteiger partial charge in [-0.3, -0.25) is 9.59 Å². The van der Waals surface area contributed by atoms with E-state index in [0.29, 0.717) is 16.6 Å². The fourth-order valence-corrected chi connectivity index (χ4v) is 3.15. The maximum atomic E-state index is 12.6. The molecule has 2 aromatic carbocycles. The molecule has 2 atom stereocenters. The van der Waals surface area contributed by atoms with Gasteiger partial charge in [-0.05, 0) is 37.0 Å². The fourth-order valence-electron chi connectivity index (χ4n) is 3.15. The van der Waals surface area contributed by atoms with Crippen molar-refractivity contribution in [2.45, 2.75) is 39.2 Å². The van der Waals surface area contributed by atoms with Crippen LogP contribution in [0.15, 0.2) is 59.4 Å². The molecule has 2 N–H and O–H groups in total. The molecule has 150 valence electrons. The summed E-state index contributed by atoms with van der Waals surface area (Å²) in [4.78, 5) is 39.8. The highest BCUT2D eigenvalue weighted by molar-refractivity contribution is 6.04. The largest absolute Gasteiger partial charge is 0.449 e. The lowest BCUT2D eigenvalue weighted by molar-refractivity contribution is -0.123. The maximum Gasteiger partial charge on any atom is 0.339 e. The summed E-state index contributed by atoms with van der Waals surface area (Å²) in [6.45, 7) is 5.68. The number of pyridine rings is 1. The molecule has 1 amide bonds. The van der Waals surface area contributed by atoms with Crippen LogP contribution in [-0.2, 0) is 9.53 Å². The van der Waals surface area contributed by atoms with E-state index in [1.54, 1.807) is 24.3 Å². The summed E-state index contributed by atoms with van der Waals surface area (Å²) < 4.78 is 5.36. The van der Waals surface area contributed by atoms with E-state index >= 15 is 0 Å². The minimum Gasteiger partial charge on any atom is -0.449 e. The zero-order valence-electron chi connectivity index (χ0n) is 16.7. The monoisotopic (exact) mass is 392 g/mol. The summed E-state index contributed by atoms with van der Waals surface area (Å²) in [5, 5.41) is 3.41. The van der Waals surface area contributed by atoms with Gasteiger partial charge in [-0.1, -0.05) is 50.2 Å². The van der Waals surface area contributed by atoms with Gasteiger partial charge >= 0.3 is 5.97 Å². The third kappa shape index (κ3) is 4.54. The van der Waals surface area contributed by atoms with Crippen LogP contribution in [-0.4, -0.2) is 23.0 Å². The fraction of sp³-hybridized carbons (Fsp3) is 0.261.